The smallest absolute Gasteiger partial charge is 0.319 e. The summed E-state index contributed by atoms with van der Waals surface area (Å²) in [4.78, 5) is 18.1. The van der Waals surface area contributed by atoms with Crippen molar-refractivity contribution in [2.24, 2.45) is 7.05 Å². The first-order chi connectivity index (χ1) is 18.0. The molecule has 0 fully saturated rings. The van der Waals surface area contributed by atoms with Gasteiger partial charge in [0, 0.05) is 18.8 Å². The molecule has 3 N–H and O–H groups in total. The number of hydrogen-bond acceptors (Lipinski definition) is 4. The quantitative estimate of drug-likeness (QED) is 0.327. The van der Waals surface area contributed by atoms with Gasteiger partial charge in [-0.3, -0.25) is 4.68 Å². The number of aliphatic hydroxyl groups excluding tert-OH is 1. The van der Waals surface area contributed by atoms with Crippen molar-refractivity contribution in [1.29, 1.82) is 0 Å². The van der Waals surface area contributed by atoms with Crippen molar-refractivity contribution in [2.45, 2.75) is 44.8 Å². The van der Waals surface area contributed by atoms with E-state index in [1.54, 1.807) is 4.68 Å². The molecule has 0 bridgehead atoms. The van der Waals surface area contributed by atoms with Gasteiger partial charge in [0.05, 0.1) is 29.2 Å². The molecule has 5 rings (SSSR count). The number of nitrogens with zero attached hydrogens (tertiary/aromatic N) is 3. The zero-order chi connectivity index (χ0) is 27.2. The number of aromatic nitrogens is 3. The Bertz CT molecular complexity index is 1520. The molecule has 1 aliphatic rings. The van der Waals surface area contributed by atoms with Crippen molar-refractivity contribution in [2.75, 3.05) is 5.32 Å². The fourth-order valence-electron chi connectivity index (χ4n) is 5.16. The van der Waals surface area contributed by atoms with Crippen LogP contribution in [-0.4, -0.2) is 32.0 Å². The van der Waals surface area contributed by atoms with E-state index in [-0.39, 0.29) is 6.42 Å². The van der Waals surface area contributed by atoms with Crippen LogP contribution in [0.4, 0.5) is 19.3 Å². The molecule has 2 aromatic carbocycles. The third-order valence-electron chi connectivity index (χ3n) is 7.01. The SMILES string of the molecule is Cc1cc(NC(=O)NC2c3cc(F)c(F)cc3C(C)(C)C[C@H]2O)c(-c2ccccc2)nc1-c1ccn(C)n1. The molecule has 2 aromatic heterocycles. The van der Waals surface area contributed by atoms with Crippen LogP contribution in [0.1, 0.15) is 43.0 Å². The first kappa shape index (κ1) is 25.5. The number of pyridine rings is 1. The zero-order valence-electron chi connectivity index (χ0n) is 21.6. The molecule has 1 unspecified atom stereocenters. The Morgan fingerprint density at radius 1 is 1.08 bits per heavy atom. The van der Waals surface area contributed by atoms with Gasteiger partial charge < -0.3 is 15.7 Å². The lowest BCUT2D eigenvalue weighted by Gasteiger charge is -2.40. The molecule has 9 heteroatoms. The van der Waals surface area contributed by atoms with E-state index in [1.807, 2.05) is 76.5 Å². The van der Waals surface area contributed by atoms with Gasteiger partial charge in [-0.25, -0.2) is 18.6 Å². The molecule has 0 saturated carbocycles. The number of carbonyl (C=O) groups excluding carboxylic acids is 1. The fourth-order valence-corrected chi connectivity index (χ4v) is 5.16. The molecule has 196 valence electrons. The van der Waals surface area contributed by atoms with Gasteiger partial charge >= 0.3 is 6.03 Å². The maximum Gasteiger partial charge on any atom is 0.319 e. The molecule has 0 spiro atoms. The van der Waals surface area contributed by atoms with Gasteiger partial charge in [0.2, 0.25) is 0 Å². The Balaban J connectivity index is 1.49. The van der Waals surface area contributed by atoms with Crippen LogP contribution < -0.4 is 10.6 Å². The molecule has 2 atom stereocenters. The number of rotatable bonds is 4. The lowest BCUT2D eigenvalue weighted by atomic mass is 9.69. The van der Waals surface area contributed by atoms with E-state index in [1.165, 1.54) is 0 Å². The second-order valence-electron chi connectivity index (χ2n) is 10.4. The van der Waals surface area contributed by atoms with E-state index in [9.17, 15) is 18.7 Å². The van der Waals surface area contributed by atoms with E-state index in [4.69, 9.17) is 4.98 Å². The van der Waals surface area contributed by atoms with E-state index in [0.29, 0.717) is 33.9 Å². The van der Waals surface area contributed by atoms with Crippen LogP contribution in [-0.2, 0) is 12.5 Å². The van der Waals surface area contributed by atoms with E-state index >= 15 is 0 Å². The minimum Gasteiger partial charge on any atom is -0.391 e. The number of anilines is 1. The van der Waals surface area contributed by atoms with Gasteiger partial charge in [-0.15, -0.1) is 0 Å². The number of carbonyl (C=O) groups is 1. The predicted octanol–water partition coefficient (Wildman–Crippen LogP) is 5.64. The number of nitrogens with one attached hydrogen (secondary N) is 2. The third kappa shape index (κ3) is 4.77. The highest BCUT2D eigenvalue weighted by molar-refractivity contribution is 5.94. The van der Waals surface area contributed by atoms with Gasteiger partial charge in [0.25, 0.3) is 0 Å². The van der Waals surface area contributed by atoms with Crippen molar-refractivity contribution < 1.29 is 18.7 Å². The molecule has 0 aliphatic heterocycles. The van der Waals surface area contributed by atoms with Crippen molar-refractivity contribution in [1.82, 2.24) is 20.1 Å². The topological polar surface area (TPSA) is 92.1 Å². The summed E-state index contributed by atoms with van der Waals surface area (Å²) in [5.74, 6) is -1.99. The van der Waals surface area contributed by atoms with Gasteiger partial charge in [-0.05, 0) is 59.7 Å². The summed E-state index contributed by atoms with van der Waals surface area (Å²) < 4.78 is 30.0. The van der Waals surface area contributed by atoms with Crippen molar-refractivity contribution >= 4 is 11.7 Å². The van der Waals surface area contributed by atoms with Crippen LogP contribution >= 0.6 is 0 Å². The summed E-state index contributed by atoms with van der Waals surface area (Å²) in [5, 5.41) is 21.0. The van der Waals surface area contributed by atoms with E-state index in [0.717, 1.165) is 23.3 Å². The molecule has 4 aromatic rings. The van der Waals surface area contributed by atoms with Crippen LogP contribution in [0, 0.1) is 18.6 Å². The number of amides is 2. The van der Waals surface area contributed by atoms with Gasteiger partial charge in [-0.2, -0.15) is 5.10 Å². The minimum atomic E-state index is -1.03. The van der Waals surface area contributed by atoms with Crippen LogP contribution in [0.25, 0.3) is 22.6 Å². The third-order valence-corrected chi connectivity index (χ3v) is 7.01. The van der Waals surface area contributed by atoms with Crippen molar-refractivity contribution in [3.05, 3.63) is 89.1 Å². The van der Waals surface area contributed by atoms with Crippen molar-refractivity contribution in [3.8, 4) is 22.6 Å². The Kier molecular flexibility index (Phi) is 6.48. The predicted molar refractivity (Wildman–Crippen MR) is 142 cm³/mol. The zero-order valence-corrected chi connectivity index (χ0v) is 21.6. The standard InChI is InChI=1S/C29H29F2N5O2/c1-16-12-23(26(17-8-6-5-7-9-17)33-25(16)22-10-11-36(4)35-22)32-28(38)34-27-18-13-20(30)21(31)14-19(18)29(2,3)15-24(27)37/h5-14,24,27,37H,15H2,1-4H3,(H2,32,34,38)/t24-,27?/m1/s1. The van der Waals surface area contributed by atoms with E-state index in [2.05, 4.69) is 15.7 Å². The summed E-state index contributed by atoms with van der Waals surface area (Å²) >= 11 is 0. The molecule has 2 heterocycles. The number of benzene rings is 2. The number of urea groups is 1. The normalized spacial score (nSPS) is 18.1. The maximum absolute atomic E-state index is 14.2. The Morgan fingerprint density at radius 2 is 1.79 bits per heavy atom. The molecule has 7 nitrogen and oxygen atoms in total. The average Bonchev–Trinajstić information content (AvgIpc) is 3.29. The molecule has 2 amide bonds. The molecule has 0 saturated heterocycles. The Labute approximate surface area is 219 Å². The number of halogens is 2. The van der Waals surface area contributed by atoms with Gasteiger partial charge in [0.1, 0.15) is 5.69 Å². The summed E-state index contributed by atoms with van der Waals surface area (Å²) in [5.41, 5.74) is 4.31. The summed E-state index contributed by atoms with van der Waals surface area (Å²) in [6, 6.07) is 13.8. The molecular formula is C29H29F2N5O2. The van der Waals surface area contributed by atoms with Crippen LogP contribution in [0.15, 0.2) is 60.8 Å². The highest BCUT2D eigenvalue weighted by Crippen LogP contribution is 2.42. The highest BCUT2D eigenvalue weighted by atomic mass is 19.2. The Hall–Kier alpha value is -4.11. The number of aliphatic hydroxyl groups is 1. The van der Waals surface area contributed by atoms with E-state index < -0.39 is 35.2 Å². The fraction of sp³-hybridized carbons (Fsp3) is 0.276. The lowest BCUT2D eigenvalue weighted by Crippen LogP contribution is -2.45. The number of fused-ring (bicyclic) bond motifs is 1. The average molecular weight is 518 g/mol. The van der Waals surface area contributed by atoms with Crippen LogP contribution in [0.3, 0.4) is 0 Å². The number of aryl methyl sites for hydroxylation is 2. The monoisotopic (exact) mass is 517 g/mol. The Morgan fingerprint density at radius 3 is 2.47 bits per heavy atom. The number of hydrogen-bond donors (Lipinski definition) is 3. The summed E-state index contributed by atoms with van der Waals surface area (Å²) in [6.45, 7) is 5.59. The molecule has 1 aliphatic carbocycles. The van der Waals surface area contributed by atoms with Crippen molar-refractivity contribution in [3.63, 3.8) is 0 Å². The second kappa shape index (κ2) is 9.64. The molecule has 0 radical (unpaired) electrons. The largest absolute Gasteiger partial charge is 0.391 e. The maximum atomic E-state index is 14.2. The summed E-state index contributed by atoms with van der Waals surface area (Å²) in [7, 11) is 1.83. The highest BCUT2D eigenvalue weighted by Gasteiger charge is 2.40. The van der Waals surface area contributed by atoms with Crippen LogP contribution in [0.2, 0.25) is 0 Å². The van der Waals surface area contributed by atoms with Crippen LogP contribution in [0.5, 0.6) is 0 Å². The first-order valence-corrected chi connectivity index (χ1v) is 12.4. The van der Waals surface area contributed by atoms with Gasteiger partial charge in [-0.1, -0.05) is 44.2 Å². The lowest BCUT2D eigenvalue weighted by molar-refractivity contribution is 0.0878. The summed E-state index contributed by atoms with van der Waals surface area (Å²) in [6.07, 6.45) is 1.11. The second-order valence-corrected chi connectivity index (χ2v) is 10.4. The van der Waals surface area contributed by atoms with Gasteiger partial charge in [0.15, 0.2) is 11.6 Å². The minimum absolute atomic E-state index is 0.269. The molecular weight excluding hydrogens is 488 g/mol. The first-order valence-electron chi connectivity index (χ1n) is 12.4. The molecule has 38 heavy (non-hydrogen) atoms.